The molecule has 0 saturated carbocycles. The highest BCUT2D eigenvalue weighted by atomic mass is 35.5. The van der Waals surface area contributed by atoms with Crippen molar-refractivity contribution >= 4 is 41.3 Å². The fourth-order valence-corrected chi connectivity index (χ4v) is 3.39. The molecule has 0 radical (unpaired) electrons. The third-order valence-electron chi connectivity index (χ3n) is 3.38. The summed E-state index contributed by atoms with van der Waals surface area (Å²) < 4.78 is 0.736. The first kappa shape index (κ1) is 16.8. The monoisotopic (exact) mass is 322 g/mol. The molecule has 1 aliphatic rings. The number of piperidine rings is 1. The normalized spacial score (nSPS) is 24.4. The topological polar surface area (TPSA) is 41.1 Å². The van der Waals surface area contributed by atoms with E-state index in [1.54, 1.807) is 0 Å². The molecule has 0 spiro atoms. The Morgan fingerprint density at radius 3 is 2.89 bits per heavy atom. The molecule has 3 unspecified atom stereocenters. The molecule has 3 nitrogen and oxygen atoms in total. The fraction of sp³-hybridized carbons (Fsp3) is 0.615. The molecule has 1 amide bonds. The van der Waals surface area contributed by atoms with Crippen LogP contribution in [0.1, 0.15) is 37.5 Å². The van der Waals surface area contributed by atoms with Crippen molar-refractivity contribution < 1.29 is 4.79 Å². The van der Waals surface area contributed by atoms with Crippen LogP contribution in [-0.2, 0) is 4.79 Å². The Hall–Kier alpha value is -0.290. The first-order valence-electron chi connectivity index (χ1n) is 6.35. The lowest BCUT2D eigenvalue weighted by atomic mass is 9.99. The van der Waals surface area contributed by atoms with Crippen molar-refractivity contribution in [2.45, 2.75) is 44.7 Å². The Morgan fingerprint density at radius 1 is 1.58 bits per heavy atom. The third-order valence-corrected chi connectivity index (χ3v) is 4.80. The summed E-state index contributed by atoms with van der Waals surface area (Å²) in [6.45, 7) is 5.06. The second kappa shape index (κ2) is 7.48. The largest absolute Gasteiger partial charge is 0.353 e. The van der Waals surface area contributed by atoms with Gasteiger partial charge < -0.3 is 10.6 Å². The highest BCUT2D eigenvalue weighted by Gasteiger charge is 2.23. The predicted octanol–water partition coefficient (Wildman–Crippen LogP) is 3.18. The van der Waals surface area contributed by atoms with Gasteiger partial charge in [-0.1, -0.05) is 11.6 Å². The van der Waals surface area contributed by atoms with Crippen LogP contribution in [0.4, 0.5) is 0 Å². The van der Waals surface area contributed by atoms with E-state index < -0.39 is 0 Å². The van der Waals surface area contributed by atoms with Crippen molar-refractivity contribution in [3.05, 3.63) is 21.3 Å². The molecule has 0 aromatic carbocycles. The van der Waals surface area contributed by atoms with Gasteiger partial charge in [-0.2, -0.15) is 0 Å². The van der Waals surface area contributed by atoms with E-state index in [-0.39, 0.29) is 24.2 Å². The zero-order chi connectivity index (χ0) is 13.1. The Balaban J connectivity index is 0.00000180. The molecule has 1 fully saturated rings. The van der Waals surface area contributed by atoms with E-state index in [0.29, 0.717) is 12.1 Å². The molecule has 2 heterocycles. The molecule has 1 aromatic rings. The average Bonchev–Trinajstić information content (AvgIpc) is 2.75. The van der Waals surface area contributed by atoms with Gasteiger partial charge >= 0.3 is 0 Å². The van der Waals surface area contributed by atoms with E-state index in [2.05, 4.69) is 17.6 Å². The van der Waals surface area contributed by atoms with Gasteiger partial charge in [0, 0.05) is 17.0 Å². The molecule has 1 aliphatic heterocycles. The van der Waals surface area contributed by atoms with Gasteiger partial charge in [0.05, 0.1) is 10.3 Å². The van der Waals surface area contributed by atoms with Crippen LogP contribution in [0.25, 0.3) is 0 Å². The van der Waals surface area contributed by atoms with Crippen molar-refractivity contribution in [1.82, 2.24) is 10.6 Å². The number of carbonyl (C=O) groups is 1. The van der Waals surface area contributed by atoms with E-state index in [4.69, 9.17) is 11.6 Å². The van der Waals surface area contributed by atoms with Gasteiger partial charge in [-0.15, -0.1) is 23.7 Å². The summed E-state index contributed by atoms with van der Waals surface area (Å²) in [7, 11) is 0. The van der Waals surface area contributed by atoms with Crippen LogP contribution in [0.2, 0.25) is 4.34 Å². The maximum absolute atomic E-state index is 12.2. The van der Waals surface area contributed by atoms with Crippen LogP contribution < -0.4 is 10.6 Å². The van der Waals surface area contributed by atoms with Gasteiger partial charge in [-0.25, -0.2) is 0 Å². The number of nitrogens with one attached hydrogen (secondary N) is 2. The van der Waals surface area contributed by atoms with E-state index in [1.807, 2.05) is 19.1 Å². The highest BCUT2D eigenvalue weighted by molar-refractivity contribution is 7.16. The Bertz CT molecular complexity index is 425. The number of halogens is 2. The Labute approximate surface area is 129 Å². The number of amides is 1. The van der Waals surface area contributed by atoms with Gasteiger partial charge in [0.25, 0.3) is 0 Å². The zero-order valence-electron chi connectivity index (χ0n) is 11.1. The molecular weight excluding hydrogens is 303 g/mol. The summed E-state index contributed by atoms with van der Waals surface area (Å²) in [5.41, 5.74) is 0. The summed E-state index contributed by atoms with van der Waals surface area (Å²) in [6, 6.07) is 4.56. The molecule has 6 heteroatoms. The number of rotatable bonds is 3. The van der Waals surface area contributed by atoms with Crippen LogP contribution in [0.3, 0.4) is 0 Å². The van der Waals surface area contributed by atoms with Crippen LogP contribution in [0.15, 0.2) is 12.1 Å². The molecule has 1 aromatic heterocycles. The van der Waals surface area contributed by atoms with E-state index in [1.165, 1.54) is 11.3 Å². The maximum Gasteiger partial charge on any atom is 0.228 e. The van der Waals surface area contributed by atoms with Gasteiger partial charge in [0.2, 0.25) is 5.91 Å². The number of hydrogen-bond donors (Lipinski definition) is 2. The summed E-state index contributed by atoms with van der Waals surface area (Å²) in [4.78, 5) is 13.2. The Morgan fingerprint density at radius 2 is 2.32 bits per heavy atom. The standard InChI is InChI=1S/C13H19ClN2OS.ClH/c1-8-7-10(5-6-15-8)16-13(17)9(2)11-3-4-12(14)18-11;/h3-4,8-10,15H,5-7H2,1-2H3,(H,16,17);1H. The molecule has 2 N–H and O–H groups in total. The van der Waals surface area contributed by atoms with Crippen molar-refractivity contribution in [1.29, 1.82) is 0 Å². The van der Waals surface area contributed by atoms with E-state index >= 15 is 0 Å². The third kappa shape index (κ3) is 4.63. The van der Waals surface area contributed by atoms with Crippen molar-refractivity contribution in [2.75, 3.05) is 6.54 Å². The molecular formula is C13H20Cl2N2OS. The van der Waals surface area contributed by atoms with E-state index in [9.17, 15) is 4.79 Å². The van der Waals surface area contributed by atoms with Crippen LogP contribution in [0, 0.1) is 0 Å². The van der Waals surface area contributed by atoms with Crippen LogP contribution in [0.5, 0.6) is 0 Å². The van der Waals surface area contributed by atoms with Gasteiger partial charge in [0.15, 0.2) is 0 Å². The summed E-state index contributed by atoms with van der Waals surface area (Å²) in [5.74, 6) is -0.0136. The minimum absolute atomic E-state index is 0. The lowest BCUT2D eigenvalue weighted by molar-refractivity contribution is -0.123. The number of thiophene rings is 1. The molecule has 2 rings (SSSR count). The van der Waals surface area contributed by atoms with Gasteiger partial charge in [-0.05, 0) is 45.4 Å². The zero-order valence-corrected chi connectivity index (χ0v) is 13.5. The molecule has 0 aliphatic carbocycles. The van der Waals surface area contributed by atoms with Crippen molar-refractivity contribution in [3.63, 3.8) is 0 Å². The molecule has 3 atom stereocenters. The maximum atomic E-state index is 12.2. The summed E-state index contributed by atoms with van der Waals surface area (Å²) in [6.07, 6.45) is 2.01. The number of hydrogen-bond acceptors (Lipinski definition) is 3. The SMILES string of the molecule is CC1CC(NC(=O)C(C)c2ccc(Cl)s2)CCN1.Cl. The fourth-order valence-electron chi connectivity index (χ4n) is 2.28. The highest BCUT2D eigenvalue weighted by Crippen LogP contribution is 2.28. The lowest BCUT2D eigenvalue weighted by Gasteiger charge is -2.29. The van der Waals surface area contributed by atoms with Gasteiger partial charge in [0.1, 0.15) is 0 Å². The van der Waals surface area contributed by atoms with Gasteiger partial charge in [-0.3, -0.25) is 4.79 Å². The van der Waals surface area contributed by atoms with Crippen molar-refractivity contribution in [3.8, 4) is 0 Å². The minimum atomic E-state index is -0.118. The minimum Gasteiger partial charge on any atom is -0.353 e. The predicted molar refractivity (Wildman–Crippen MR) is 83.6 cm³/mol. The van der Waals surface area contributed by atoms with Crippen molar-refractivity contribution in [2.24, 2.45) is 0 Å². The molecule has 19 heavy (non-hydrogen) atoms. The first-order chi connectivity index (χ1) is 8.56. The average molecular weight is 323 g/mol. The second-order valence-electron chi connectivity index (χ2n) is 4.95. The quantitative estimate of drug-likeness (QED) is 0.897. The molecule has 0 bridgehead atoms. The summed E-state index contributed by atoms with van der Waals surface area (Å²) >= 11 is 7.38. The summed E-state index contributed by atoms with van der Waals surface area (Å²) in [5, 5.41) is 6.52. The molecule has 108 valence electrons. The lowest BCUT2D eigenvalue weighted by Crippen LogP contribution is -2.47. The molecule has 1 saturated heterocycles. The first-order valence-corrected chi connectivity index (χ1v) is 7.54. The smallest absolute Gasteiger partial charge is 0.228 e. The second-order valence-corrected chi connectivity index (χ2v) is 6.70. The van der Waals surface area contributed by atoms with E-state index in [0.717, 1.165) is 28.6 Å². The van der Waals surface area contributed by atoms with Crippen LogP contribution in [-0.4, -0.2) is 24.5 Å². The van der Waals surface area contributed by atoms with Crippen LogP contribution >= 0.6 is 35.3 Å². The Kier molecular flexibility index (Phi) is 6.60. The number of carbonyl (C=O) groups excluding carboxylic acids is 1.